The van der Waals surface area contributed by atoms with E-state index in [9.17, 15) is 10.2 Å². The predicted octanol–water partition coefficient (Wildman–Crippen LogP) is 5.49. The summed E-state index contributed by atoms with van der Waals surface area (Å²) in [4.78, 5) is 0. The Morgan fingerprint density at radius 1 is 1.03 bits per heavy atom. The van der Waals surface area contributed by atoms with Gasteiger partial charge in [0.15, 0.2) is 0 Å². The van der Waals surface area contributed by atoms with E-state index in [1.54, 1.807) is 0 Å². The molecule has 1 saturated heterocycles. The highest BCUT2D eigenvalue weighted by atomic mass is 16.6. The second-order valence-corrected chi connectivity index (χ2v) is 12.8. The molecule has 1 unspecified atom stereocenters. The van der Waals surface area contributed by atoms with Crippen molar-refractivity contribution in [2.75, 3.05) is 0 Å². The lowest BCUT2D eigenvalue weighted by Gasteiger charge is -2.59. The first kappa shape index (κ1) is 21.5. The molecule has 0 aromatic heterocycles. The van der Waals surface area contributed by atoms with Crippen LogP contribution in [-0.4, -0.2) is 34.1 Å². The second-order valence-electron chi connectivity index (χ2n) is 12.8. The van der Waals surface area contributed by atoms with Gasteiger partial charge in [-0.3, -0.25) is 0 Å². The molecule has 5 aliphatic rings. The zero-order chi connectivity index (χ0) is 21.5. The van der Waals surface area contributed by atoms with Crippen LogP contribution in [-0.2, 0) is 4.74 Å². The van der Waals surface area contributed by atoms with Gasteiger partial charge in [0, 0.05) is 0 Å². The summed E-state index contributed by atoms with van der Waals surface area (Å²) in [6, 6.07) is 0. The van der Waals surface area contributed by atoms with Crippen LogP contribution < -0.4 is 0 Å². The van der Waals surface area contributed by atoms with Gasteiger partial charge in [-0.05, 0) is 112 Å². The molecule has 4 fully saturated rings. The molecule has 1 heterocycles. The fourth-order valence-electron chi connectivity index (χ4n) is 8.96. The van der Waals surface area contributed by atoms with E-state index in [1.807, 2.05) is 0 Å². The van der Waals surface area contributed by atoms with Crippen molar-refractivity contribution in [3.8, 4) is 0 Å². The van der Waals surface area contributed by atoms with Crippen LogP contribution >= 0.6 is 0 Å². The first-order valence-corrected chi connectivity index (χ1v) is 12.8. The maximum atomic E-state index is 11.3. The minimum atomic E-state index is -0.317. The first-order valence-electron chi connectivity index (χ1n) is 12.8. The van der Waals surface area contributed by atoms with Crippen LogP contribution in [0.1, 0.15) is 92.4 Å². The molecule has 3 nitrogen and oxygen atoms in total. The smallest absolute Gasteiger partial charge is 0.0892 e. The van der Waals surface area contributed by atoms with Gasteiger partial charge in [0.25, 0.3) is 0 Å². The van der Waals surface area contributed by atoms with E-state index in [1.165, 1.54) is 44.1 Å². The molecule has 30 heavy (non-hydrogen) atoms. The molecule has 0 amide bonds. The number of ether oxygens (including phenoxy) is 1. The molecule has 0 spiro atoms. The number of hydrogen-bond donors (Lipinski definition) is 2. The summed E-state index contributed by atoms with van der Waals surface area (Å²) in [7, 11) is 0. The Morgan fingerprint density at radius 3 is 2.47 bits per heavy atom. The van der Waals surface area contributed by atoms with E-state index in [4.69, 9.17) is 4.74 Å². The molecular formula is C27H44O3. The second kappa shape index (κ2) is 7.06. The lowest BCUT2D eigenvalue weighted by atomic mass is 9.46. The van der Waals surface area contributed by atoms with Gasteiger partial charge in [-0.25, -0.2) is 0 Å². The topological polar surface area (TPSA) is 53.0 Å². The monoisotopic (exact) mass is 416 g/mol. The Labute approximate surface area is 183 Å². The van der Waals surface area contributed by atoms with Gasteiger partial charge in [0.05, 0.1) is 23.9 Å². The Morgan fingerprint density at radius 2 is 1.77 bits per heavy atom. The molecule has 0 aromatic rings. The molecule has 10 atom stereocenters. The Kier molecular flexibility index (Phi) is 5.05. The standard InChI is InChI=1S/C27H44O3/c1-16(6-9-23-25(2,3)30-23)19-7-8-20-24-21(11-13-27(19,20)5)26(4)12-10-18(28)14-17(26)15-22(24)29/h15-16,18-24,28-29H,6-14H2,1-5H3/t16-,18?,19-,20+,21+,22+,23+,24+,26+,27-/m1/s1. The first-order chi connectivity index (χ1) is 14.1. The minimum absolute atomic E-state index is 0.110. The largest absolute Gasteiger partial charge is 0.393 e. The molecule has 5 rings (SSSR count). The number of hydrogen-bond acceptors (Lipinski definition) is 3. The number of aliphatic hydroxyl groups excluding tert-OH is 2. The van der Waals surface area contributed by atoms with Gasteiger partial charge in [0.1, 0.15) is 0 Å². The molecule has 0 aromatic carbocycles. The Hall–Kier alpha value is -0.380. The van der Waals surface area contributed by atoms with Crippen LogP contribution in [0.3, 0.4) is 0 Å². The molecule has 3 heteroatoms. The van der Waals surface area contributed by atoms with Gasteiger partial charge >= 0.3 is 0 Å². The van der Waals surface area contributed by atoms with Crippen molar-refractivity contribution in [3.05, 3.63) is 11.6 Å². The van der Waals surface area contributed by atoms with Crippen molar-refractivity contribution >= 4 is 0 Å². The molecule has 0 bridgehead atoms. The Bertz CT molecular complexity index is 713. The zero-order valence-corrected chi connectivity index (χ0v) is 19.9. The highest BCUT2D eigenvalue weighted by Crippen LogP contribution is 2.67. The van der Waals surface area contributed by atoms with Gasteiger partial charge in [-0.1, -0.05) is 32.4 Å². The average Bonchev–Trinajstić information content (AvgIpc) is 3.13. The van der Waals surface area contributed by atoms with Crippen molar-refractivity contribution in [2.45, 2.75) is 116 Å². The van der Waals surface area contributed by atoms with Crippen molar-refractivity contribution in [2.24, 2.45) is 40.4 Å². The van der Waals surface area contributed by atoms with Crippen LogP contribution in [0, 0.1) is 40.4 Å². The van der Waals surface area contributed by atoms with Crippen LogP contribution in [0.5, 0.6) is 0 Å². The number of aliphatic hydroxyl groups is 2. The van der Waals surface area contributed by atoms with Crippen LogP contribution in [0.4, 0.5) is 0 Å². The maximum absolute atomic E-state index is 11.3. The maximum Gasteiger partial charge on any atom is 0.0892 e. The van der Waals surface area contributed by atoms with Crippen molar-refractivity contribution in [1.82, 2.24) is 0 Å². The van der Waals surface area contributed by atoms with Crippen LogP contribution in [0.2, 0.25) is 0 Å². The predicted molar refractivity (Wildman–Crippen MR) is 120 cm³/mol. The molecule has 1 aliphatic heterocycles. The summed E-state index contributed by atoms with van der Waals surface area (Å²) in [6.45, 7) is 11.9. The quantitative estimate of drug-likeness (QED) is 0.470. The summed E-state index contributed by atoms with van der Waals surface area (Å²) in [5.41, 5.74) is 2.04. The van der Waals surface area contributed by atoms with Crippen LogP contribution in [0.25, 0.3) is 0 Å². The molecule has 170 valence electrons. The lowest BCUT2D eigenvalue weighted by Crippen LogP contribution is -2.54. The van der Waals surface area contributed by atoms with Crippen LogP contribution in [0.15, 0.2) is 11.6 Å². The van der Waals surface area contributed by atoms with E-state index >= 15 is 0 Å². The van der Waals surface area contributed by atoms with E-state index in [-0.39, 0.29) is 23.2 Å². The third-order valence-corrected chi connectivity index (χ3v) is 10.9. The van der Waals surface area contributed by atoms with Crippen molar-refractivity contribution in [1.29, 1.82) is 0 Å². The fourth-order valence-corrected chi connectivity index (χ4v) is 8.96. The SMILES string of the molecule is C[C@H](CC[C@@H]1OC1(C)C)[C@H]1CC[C@H]2[C@@H]3[C@@H](O)C=C4CC(O)CC[C@]4(C)[C@H]3CC[C@]12C. The third kappa shape index (κ3) is 3.17. The Balaban J connectivity index is 1.34. The molecule has 4 aliphatic carbocycles. The van der Waals surface area contributed by atoms with Gasteiger partial charge < -0.3 is 14.9 Å². The summed E-state index contributed by atoms with van der Waals surface area (Å²) in [5.74, 6) is 3.17. The fraction of sp³-hybridized carbons (Fsp3) is 0.926. The minimum Gasteiger partial charge on any atom is -0.393 e. The number of fused-ring (bicyclic) bond motifs is 5. The molecule has 3 saturated carbocycles. The van der Waals surface area contributed by atoms with Gasteiger partial charge in [-0.2, -0.15) is 0 Å². The van der Waals surface area contributed by atoms with Crippen molar-refractivity contribution in [3.63, 3.8) is 0 Å². The number of rotatable bonds is 4. The van der Waals surface area contributed by atoms with E-state index in [0.717, 1.165) is 31.1 Å². The zero-order valence-electron chi connectivity index (χ0n) is 19.9. The van der Waals surface area contributed by atoms with E-state index in [0.29, 0.717) is 29.3 Å². The lowest BCUT2D eigenvalue weighted by molar-refractivity contribution is -0.0971. The van der Waals surface area contributed by atoms with Crippen molar-refractivity contribution < 1.29 is 14.9 Å². The highest BCUT2D eigenvalue weighted by molar-refractivity contribution is 5.27. The van der Waals surface area contributed by atoms with Gasteiger partial charge in [0.2, 0.25) is 0 Å². The summed E-state index contributed by atoms with van der Waals surface area (Å²) in [5, 5.41) is 21.5. The molecule has 0 radical (unpaired) electrons. The van der Waals surface area contributed by atoms with Gasteiger partial charge in [-0.15, -0.1) is 0 Å². The van der Waals surface area contributed by atoms with E-state index in [2.05, 4.69) is 40.7 Å². The van der Waals surface area contributed by atoms with E-state index < -0.39 is 0 Å². The summed E-state index contributed by atoms with van der Waals surface area (Å²) in [6.07, 6.45) is 12.6. The third-order valence-electron chi connectivity index (χ3n) is 10.9. The summed E-state index contributed by atoms with van der Waals surface area (Å²) < 4.78 is 5.85. The normalized spacial score (nSPS) is 52.6. The molecule has 2 N–H and O–H groups in total. The average molecular weight is 417 g/mol. The number of epoxide rings is 1. The highest BCUT2D eigenvalue weighted by Gasteiger charge is 2.61. The molecular weight excluding hydrogens is 372 g/mol. The summed E-state index contributed by atoms with van der Waals surface area (Å²) >= 11 is 0.